The van der Waals surface area contributed by atoms with E-state index < -0.39 is 0 Å². The Labute approximate surface area is 177 Å². The van der Waals surface area contributed by atoms with Gasteiger partial charge in [0.1, 0.15) is 0 Å². The zero-order valence-corrected chi connectivity index (χ0v) is 16.9. The molecule has 0 fully saturated rings. The number of aromatic nitrogens is 7. The highest BCUT2D eigenvalue weighted by Gasteiger charge is 2.10. The third-order valence-electron chi connectivity index (χ3n) is 5.12. The van der Waals surface area contributed by atoms with Crippen molar-refractivity contribution in [2.45, 2.75) is 26.3 Å². The van der Waals surface area contributed by atoms with Crippen molar-refractivity contribution >= 4 is 22.5 Å². The van der Waals surface area contributed by atoms with Crippen molar-refractivity contribution in [2.75, 3.05) is 0 Å². The van der Waals surface area contributed by atoms with Crippen molar-refractivity contribution in [1.82, 2.24) is 34.6 Å². The molecule has 1 aromatic carbocycles. The van der Waals surface area contributed by atoms with Crippen LogP contribution in [0.25, 0.3) is 27.7 Å². The first kappa shape index (κ1) is 18.9. The van der Waals surface area contributed by atoms with Gasteiger partial charge in [0.25, 0.3) is 0 Å². The van der Waals surface area contributed by atoms with Gasteiger partial charge in [-0.2, -0.15) is 14.7 Å². The number of rotatable bonds is 6. The molecule has 9 nitrogen and oxygen atoms in total. The van der Waals surface area contributed by atoms with Gasteiger partial charge in [-0.25, -0.2) is 0 Å². The van der Waals surface area contributed by atoms with Crippen molar-refractivity contribution in [3.63, 3.8) is 0 Å². The van der Waals surface area contributed by atoms with Gasteiger partial charge >= 0.3 is 0 Å². The van der Waals surface area contributed by atoms with Crippen molar-refractivity contribution in [1.29, 1.82) is 0 Å². The van der Waals surface area contributed by atoms with Gasteiger partial charge in [-0.3, -0.25) is 14.5 Å². The molecule has 154 valence electrons. The van der Waals surface area contributed by atoms with Crippen molar-refractivity contribution in [3.05, 3.63) is 72.1 Å². The van der Waals surface area contributed by atoms with E-state index in [2.05, 4.69) is 37.5 Å². The maximum atomic E-state index is 11.0. The lowest BCUT2D eigenvalue weighted by Crippen LogP contribution is -2.13. The molecule has 0 radical (unpaired) electrons. The Hall–Kier alpha value is -4.14. The maximum absolute atomic E-state index is 11.0. The fraction of sp³-hybridized carbons (Fsp3) is 0.182. The van der Waals surface area contributed by atoms with E-state index in [4.69, 9.17) is 5.73 Å². The van der Waals surface area contributed by atoms with Crippen LogP contribution in [0.2, 0.25) is 0 Å². The Balaban J connectivity index is 1.44. The average molecular weight is 412 g/mol. The van der Waals surface area contributed by atoms with Crippen molar-refractivity contribution in [2.24, 2.45) is 5.73 Å². The van der Waals surface area contributed by atoms with Crippen molar-refractivity contribution in [3.8, 4) is 11.1 Å². The summed E-state index contributed by atoms with van der Waals surface area (Å²) in [7, 11) is 0. The normalized spacial score (nSPS) is 11.4. The monoisotopic (exact) mass is 412 g/mol. The van der Waals surface area contributed by atoms with Crippen LogP contribution in [-0.2, 0) is 17.8 Å². The lowest BCUT2D eigenvalue weighted by Gasteiger charge is -2.05. The summed E-state index contributed by atoms with van der Waals surface area (Å²) in [6, 6.07) is 12.1. The highest BCUT2D eigenvalue weighted by atomic mass is 16.1. The molecule has 0 saturated heterocycles. The molecule has 4 aromatic heterocycles. The first-order valence-corrected chi connectivity index (χ1v) is 9.93. The van der Waals surface area contributed by atoms with Gasteiger partial charge in [0, 0.05) is 48.3 Å². The molecule has 0 spiro atoms. The Morgan fingerprint density at radius 3 is 2.84 bits per heavy atom. The maximum Gasteiger partial charge on any atom is 0.219 e. The van der Waals surface area contributed by atoms with Crippen molar-refractivity contribution < 1.29 is 4.79 Å². The molecular formula is C22H20N8O. The number of carbonyl (C=O) groups excluding carboxylic acids is 1. The molecule has 0 saturated carbocycles. The molecule has 0 aliphatic heterocycles. The molecular weight excluding hydrogens is 392 g/mol. The highest BCUT2D eigenvalue weighted by molar-refractivity contribution is 5.84. The Kier molecular flexibility index (Phi) is 4.62. The molecule has 2 N–H and O–H groups in total. The lowest BCUT2D eigenvalue weighted by molar-refractivity contribution is -0.118. The number of nitrogens with zero attached hydrogens (tertiary/aromatic N) is 7. The van der Waals surface area contributed by atoms with Crippen LogP contribution in [0.1, 0.15) is 23.5 Å². The number of carbonyl (C=O) groups is 1. The Bertz CT molecular complexity index is 1420. The van der Waals surface area contributed by atoms with Crippen LogP contribution in [0.5, 0.6) is 0 Å². The first-order valence-electron chi connectivity index (χ1n) is 9.93. The minimum absolute atomic E-state index is 0.256. The number of primary amides is 1. The van der Waals surface area contributed by atoms with Gasteiger partial charge in [0.05, 0.1) is 17.4 Å². The quantitative estimate of drug-likeness (QED) is 0.457. The number of amides is 1. The third-order valence-corrected chi connectivity index (χ3v) is 5.12. The minimum atomic E-state index is -0.345. The molecule has 1 amide bonds. The zero-order valence-electron chi connectivity index (χ0n) is 16.9. The largest absolute Gasteiger partial charge is 0.370 e. The predicted molar refractivity (Wildman–Crippen MR) is 115 cm³/mol. The molecule has 0 bridgehead atoms. The van der Waals surface area contributed by atoms with Crippen LogP contribution in [0.4, 0.5) is 0 Å². The molecule has 0 aliphatic carbocycles. The molecule has 0 aliphatic rings. The molecule has 5 rings (SSSR count). The standard InChI is InChI=1S/C22H20N8O/c1-14-2-5-21-26-27-22(30(21)28-14)9-15-3-4-19-16(8-15)10-17(11-24-19)18-12-25-29(13-18)7-6-20(23)31/h2-5,8,10-13H,6-7,9H2,1H3,(H2,23,31). The average Bonchev–Trinajstić information content (AvgIpc) is 3.39. The van der Waals surface area contributed by atoms with Gasteiger partial charge in [-0.15, -0.1) is 10.2 Å². The van der Waals surface area contributed by atoms with Gasteiger partial charge < -0.3 is 5.73 Å². The lowest BCUT2D eigenvalue weighted by atomic mass is 10.0. The fourth-order valence-electron chi connectivity index (χ4n) is 3.53. The summed E-state index contributed by atoms with van der Waals surface area (Å²) in [6.07, 6.45) is 6.36. The van der Waals surface area contributed by atoms with Gasteiger partial charge in [0.2, 0.25) is 5.91 Å². The Morgan fingerprint density at radius 2 is 1.97 bits per heavy atom. The number of hydrogen-bond donors (Lipinski definition) is 1. The number of pyridine rings is 1. The topological polar surface area (TPSA) is 117 Å². The number of hydrogen-bond acceptors (Lipinski definition) is 6. The summed E-state index contributed by atoms with van der Waals surface area (Å²) >= 11 is 0. The fourth-order valence-corrected chi connectivity index (χ4v) is 3.53. The summed E-state index contributed by atoms with van der Waals surface area (Å²) < 4.78 is 3.50. The second-order valence-corrected chi connectivity index (χ2v) is 7.50. The first-order chi connectivity index (χ1) is 15.0. The molecule has 5 aromatic rings. The summed E-state index contributed by atoms with van der Waals surface area (Å²) in [4.78, 5) is 15.6. The SMILES string of the molecule is Cc1ccc2nnc(Cc3ccc4ncc(-c5cnn(CCC(N)=O)c5)cc4c3)n2n1. The second-order valence-electron chi connectivity index (χ2n) is 7.50. The third kappa shape index (κ3) is 3.85. The zero-order chi connectivity index (χ0) is 21.4. The van der Waals surface area contributed by atoms with Crippen LogP contribution in [0.3, 0.4) is 0 Å². The van der Waals surface area contributed by atoms with Crippen LogP contribution in [0, 0.1) is 6.92 Å². The van der Waals surface area contributed by atoms with Crippen LogP contribution >= 0.6 is 0 Å². The van der Waals surface area contributed by atoms with E-state index in [-0.39, 0.29) is 12.3 Å². The summed E-state index contributed by atoms with van der Waals surface area (Å²) in [5, 5.41) is 18.3. The van der Waals surface area contributed by atoms with E-state index in [1.807, 2.05) is 43.6 Å². The van der Waals surface area contributed by atoms with Crippen LogP contribution < -0.4 is 5.73 Å². The van der Waals surface area contributed by atoms with E-state index in [0.717, 1.165) is 44.8 Å². The molecule has 0 unspecified atom stereocenters. The van der Waals surface area contributed by atoms with Crippen LogP contribution in [-0.4, -0.2) is 40.5 Å². The van der Waals surface area contributed by atoms with Crippen LogP contribution in [0.15, 0.2) is 55.0 Å². The summed E-state index contributed by atoms with van der Waals surface area (Å²) in [5.41, 5.74) is 10.8. The van der Waals surface area contributed by atoms with E-state index >= 15 is 0 Å². The highest BCUT2D eigenvalue weighted by Crippen LogP contribution is 2.24. The molecule has 31 heavy (non-hydrogen) atoms. The van der Waals surface area contributed by atoms with Gasteiger partial charge in [-0.05, 0) is 42.8 Å². The van der Waals surface area contributed by atoms with E-state index in [1.165, 1.54) is 0 Å². The predicted octanol–water partition coefficient (Wildman–Crippen LogP) is 2.31. The molecule has 4 heterocycles. The van der Waals surface area contributed by atoms with Gasteiger partial charge in [0.15, 0.2) is 11.5 Å². The smallest absolute Gasteiger partial charge is 0.219 e. The second kappa shape index (κ2) is 7.60. The van der Waals surface area contributed by atoms with E-state index in [1.54, 1.807) is 15.4 Å². The summed E-state index contributed by atoms with van der Waals surface area (Å²) in [5.74, 6) is 0.445. The van der Waals surface area contributed by atoms with Gasteiger partial charge in [-0.1, -0.05) is 6.07 Å². The van der Waals surface area contributed by atoms with E-state index in [0.29, 0.717) is 13.0 Å². The number of benzene rings is 1. The number of aryl methyl sites for hydroxylation is 2. The Morgan fingerprint density at radius 1 is 1.06 bits per heavy atom. The number of nitrogens with two attached hydrogens (primary N) is 1. The molecule has 9 heteroatoms. The summed E-state index contributed by atoms with van der Waals surface area (Å²) in [6.45, 7) is 2.41. The van der Waals surface area contributed by atoms with E-state index in [9.17, 15) is 4.79 Å². The minimum Gasteiger partial charge on any atom is -0.370 e. The molecule has 0 atom stereocenters. The number of fused-ring (bicyclic) bond motifs is 2.